The van der Waals surface area contributed by atoms with E-state index in [1.165, 1.54) is 11.9 Å². The third-order valence-electron chi connectivity index (χ3n) is 1.62. The van der Waals surface area contributed by atoms with E-state index in [1.807, 2.05) is 0 Å². The van der Waals surface area contributed by atoms with Crippen LogP contribution in [-0.4, -0.2) is 37.1 Å². The maximum absolute atomic E-state index is 11.8. The van der Waals surface area contributed by atoms with Gasteiger partial charge in [-0.15, -0.1) is 11.6 Å². The van der Waals surface area contributed by atoms with E-state index in [1.54, 1.807) is 0 Å². The summed E-state index contributed by atoms with van der Waals surface area (Å²) < 4.78 is 35.5. The summed E-state index contributed by atoms with van der Waals surface area (Å²) in [5.74, 6) is 0.586. The van der Waals surface area contributed by atoms with Crippen LogP contribution in [-0.2, 0) is 0 Å². The van der Waals surface area contributed by atoms with Crippen molar-refractivity contribution in [3.63, 3.8) is 0 Å². The molecule has 0 saturated heterocycles. The first-order valence-electron chi connectivity index (χ1n) is 4.27. The lowest BCUT2D eigenvalue weighted by atomic mass is 10.2. The second-order valence-corrected chi connectivity index (χ2v) is 3.48. The second kappa shape index (κ2) is 6.49. The van der Waals surface area contributed by atoms with Crippen molar-refractivity contribution in [1.29, 1.82) is 0 Å². The molecule has 0 aromatic heterocycles. The van der Waals surface area contributed by atoms with Crippen molar-refractivity contribution in [2.24, 2.45) is 0 Å². The van der Waals surface area contributed by atoms with Gasteiger partial charge in [-0.05, 0) is 26.4 Å². The van der Waals surface area contributed by atoms with Crippen molar-refractivity contribution in [3.05, 3.63) is 0 Å². The average molecular weight is 218 g/mol. The molecule has 0 spiro atoms. The lowest BCUT2D eigenvalue weighted by Crippen LogP contribution is -2.31. The molecule has 0 heterocycles. The van der Waals surface area contributed by atoms with Gasteiger partial charge in [0.1, 0.15) is 0 Å². The summed E-state index contributed by atoms with van der Waals surface area (Å²) in [5.41, 5.74) is 0. The Kier molecular flexibility index (Phi) is 6.51. The fraction of sp³-hybridized carbons (Fsp3) is 1.00. The second-order valence-electron chi connectivity index (χ2n) is 3.10. The summed E-state index contributed by atoms with van der Waals surface area (Å²) in [6, 6.07) is 0. The third kappa shape index (κ3) is 9.96. The van der Waals surface area contributed by atoms with Gasteiger partial charge in [0.05, 0.1) is 6.54 Å². The Labute approximate surface area is 81.9 Å². The molecule has 0 aromatic rings. The Hall–Kier alpha value is 0.0400. The van der Waals surface area contributed by atoms with Crippen LogP contribution in [0.3, 0.4) is 0 Å². The van der Waals surface area contributed by atoms with Gasteiger partial charge in [0.25, 0.3) is 0 Å². The van der Waals surface area contributed by atoms with Gasteiger partial charge in [-0.3, -0.25) is 4.90 Å². The molecule has 0 saturated carbocycles. The average Bonchev–Trinajstić information content (AvgIpc) is 1.94. The zero-order valence-electron chi connectivity index (χ0n) is 7.70. The van der Waals surface area contributed by atoms with Crippen LogP contribution in [0.5, 0.6) is 0 Å². The van der Waals surface area contributed by atoms with Gasteiger partial charge >= 0.3 is 6.18 Å². The number of unbranched alkanes of at least 4 members (excludes halogenated alkanes) is 2. The van der Waals surface area contributed by atoms with Crippen molar-refractivity contribution >= 4 is 11.6 Å². The van der Waals surface area contributed by atoms with Crippen LogP contribution in [0.15, 0.2) is 0 Å². The molecule has 1 nitrogen and oxygen atoms in total. The molecule has 0 aromatic carbocycles. The number of rotatable bonds is 6. The molecule has 0 rings (SSSR count). The van der Waals surface area contributed by atoms with Gasteiger partial charge < -0.3 is 0 Å². The highest BCUT2D eigenvalue weighted by Crippen LogP contribution is 2.15. The first kappa shape index (κ1) is 13.0. The summed E-state index contributed by atoms with van der Waals surface area (Å²) >= 11 is 5.43. The number of hydrogen-bond donors (Lipinski definition) is 0. The molecule has 0 radical (unpaired) electrons. The van der Waals surface area contributed by atoms with Crippen LogP contribution < -0.4 is 0 Å². The van der Waals surface area contributed by atoms with E-state index in [-0.39, 0.29) is 0 Å². The maximum atomic E-state index is 11.8. The maximum Gasteiger partial charge on any atom is 0.401 e. The quantitative estimate of drug-likeness (QED) is 0.489. The fourth-order valence-corrected chi connectivity index (χ4v) is 1.23. The number of halogens is 4. The normalized spacial score (nSPS) is 12.5. The summed E-state index contributed by atoms with van der Waals surface area (Å²) in [4.78, 5) is 1.29. The first-order valence-corrected chi connectivity index (χ1v) is 4.80. The van der Waals surface area contributed by atoms with E-state index >= 15 is 0 Å². The molecule has 0 bridgehead atoms. The monoisotopic (exact) mass is 217 g/mol. The van der Waals surface area contributed by atoms with Gasteiger partial charge in [0.2, 0.25) is 0 Å². The van der Waals surface area contributed by atoms with E-state index in [2.05, 4.69) is 0 Å². The summed E-state index contributed by atoms with van der Waals surface area (Å²) in [5, 5.41) is 0. The van der Waals surface area contributed by atoms with Crippen LogP contribution in [0.2, 0.25) is 0 Å². The topological polar surface area (TPSA) is 3.24 Å². The van der Waals surface area contributed by atoms with Crippen LogP contribution >= 0.6 is 11.6 Å². The van der Waals surface area contributed by atoms with Crippen LogP contribution in [0.4, 0.5) is 13.2 Å². The number of nitrogens with zero attached hydrogens (tertiary/aromatic N) is 1. The smallest absolute Gasteiger partial charge is 0.298 e. The summed E-state index contributed by atoms with van der Waals surface area (Å²) in [7, 11) is 1.48. The predicted molar refractivity (Wildman–Crippen MR) is 48.1 cm³/mol. The Morgan fingerprint density at radius 2 is 1.77 bits per heavy atom. The molecular formula is C8H15ClF3N. The van der Waals surface area contributed by atoms with Gasteiger partial charge in [-0.2, -0.15) is 13.2 Å². The van der Waals surface area contributed by atoms with Crippen molar-refractivity contribution in [2.45, 2.75) is 25.4 Å². The minimum absolute atomic E-state index is 0.483. The number of hydrogen-bond acceptors (Lipinski definition) is 1. The Morgan fingerprint density at radius 1 is 1.15 bits per heavy atom. The van der Waals surface area contributed by atoms with Crippen molar-refractivity contribution in [1.82, 2.24) is 4.90 Å². The molecule has 13 heavy (non-hydrogen) atoms. The minimum Gasteiger partial charge on any atom is -0.298 e. The highest BCUT2D eigenvalue weighted by molar-refractivity contribution is 6.17. The third-order valence-corrected chi connectivity index (χ3v) is 1.89. The lowest BCUT2D eigenvalue weighted by molar-refractivity contribution is -0.143. The zero-order valence-corrected chi connectivity index (χ0v) is 8.46. The molecule has 80 valence electrons. The van der Waals surface area contributed by atoms with Gasteiger partial charge in [0, 0.05) is 5.88 Å². The van der Waals surface area contributed by atoms with Crippen LogP contribution in [0, 0.1) is 0 Å². The zero-order chi connectivity index (χ0) is 10.3. The Balaban J connectivity index is 3.35. The van der Waals surface area contributed by atoms with E-state index in [0.717, 1.165) is 19.3 Å². The molecule has 0 aliphatic heterocycles. The highest BCUT2D eigenvalue weighted by Gasteiger charge is 2.28. The molecule has 0 aliphatic carbocycles. The van der Waals surface area contributed by atoms with Crippen molar-refractivity contribution in [2.75, 3.05) is 26.0 Å². The van der Waals surface area contributed by atoms with Gasteiger partial charge in [-0.1, -0.05) is 6.42 Å². The Bertz CT molecular complexity index is 127. The molecule has 0 aliphatic rings. The van der Waals surface area contributed by atoms with Crippen molar-refractivity contribution < 1.29 is 13.2 Å². The summed E-state index contributed by atoms with van der Waals surface area (Å²) in [6.45, 7) is -0.343. The molecule has 0 N–H and O–H groups in total. The predicted octanol–water partition coefficient (Wildman–Crippen LogP) is 2.89. The van der Waals surface area contributed by atoms with E-state index < -0.39 is 12.7 Å². The molecule has 0 atom stereocenters. The molecule has 0 unspecified atom stereocenters. The minimum atomic E-state index is -4.08. The SMILES string of the molecule is CN(CCCCCCl)CC(F)(F)F. The number of alkyl halides is 4. The van der Waals surface area contributed by atoms with Crippen molar-refractivity contribution in [3.8, 4) is 0 Å². The van der Waals surface area contributed by atoms with E-state index in [9.17, 15) is 13.2 Å². The van der Waals surface area contributed by atoms with E-state index in [4.69, 9.17) is 11.6 Å². The first-order chi connectivity index (χ1) is 5.95. The van der Waals surface area contributed by atoms with Gasteiger partial charge in [-0.25, -0.2) is 0 Å². The molecule has 0 fully saturated rings. The van der Waals surface area contributed by atoms with Gasteiger partial charge in [0.15, 0.2) is 0 Å². The largest absolute Gasteiger partial charge is 0.401 e. The standard InChI is InChI=1S/C8H15ClF3N/c1-13(7-8(10,11)12)6-4-2-3-5-9/h2-7H2,1H3. The van der Waals surface area contributed by atoms with E-state index in [0.29, 0.717) is 12.4 Å². The molecular weight excluding hydrogens is 203 g/mol. The van der Waals surface area contributed by atoms with Crippen LogP contribution in [0.25, 0.3) is 0 Å². The summed E-state index contributed by atoms with van der Waals surface area (Å²) in [6.07, 6.45) is -1.53. The Morgan fingerprint density at radius 3 is 2.23 bits per heavy atom. The lowest BCUT2D eigenvalue weighted by Gasteiger charge is -2.17. The molecule has 5 heteroatoms. The molecule has 0 amide bonds. The van der Waals surface area contributed by atoms with Crippen LogP contribution in [0.1, 0.15) is 19.3 Å². The highest BCUT2D eigenvalue weighted by atomic mass is 35.5. The fourth-order valence-electron chi connectivity index (χ4n) is 1.04.